The van der Waals surface area contributed by atoms with Crippen LogP contribution in [-0.4, -0.2) is 82.2 Å². The van der Waals surface area contributed by atoms with Gasteiger partial charge in [0, 0.05) is 31.4 Å². The number of benzene rings is 1. The summed E-state index contributed by atoms with van der Waals surface area (Å²) in [6, 6.07) is 6.08. The van der Waals surface area contributed by atoms with Crippen molar-refractivity contribution in [2.75, 3.05) is 49.6 Å². The molecule has 1 aliphatic rings. The van der Waals surface area contributed by atoms with E-state index in [1.54, 1.807) is 6.92 Å². The maximum atomic E-state index is 15.1. The Labute approximate surface area is 215 Å². The van der Waals surface area contributed by atoms with E-state index in [-0.39, 0.29) is 36.9 Å². The van der Waals surface area contributed by atoms with Crippen LogP contribution >= 0.6 is 0 Å². The Balaban J connectivity index is 1.73. The lowest BCUT2D eigenvalue weighted by molar-refractivity contribution is -0.132. The van der Waals surface area contributed by atoms with Crippen molar-refractivity contribution in [3.8, 4) is 0 Å². The van der Waals surface area contributed by atoms with Crippen LogP contribution in [0.25, 0.3) is 0 Å². The molecule has 16 heteroatoms. The largest absolute Gasteiger partial charge is 0.442 e. The summed E-state index contributed by atoms with van der Waals surface area (Å²) >= 11 is 0. The van der Waals surface area contributed by atoms with E-state index in [4.69, 9.17) is 9.57 Å². The first kappa shape index (κ1) is 29.1. The summed E-state index contributed by atoms with van der Waals surface area (Å²) in [6.45, 7) is 0.580. The molecule has 2 amide bonds. The van der Waals surface area contributed by atoms with Gasteiger partial charge < -0.3 is 15.0 Å². The van der Waals surface area contributed by atoms with E-state index in [0.29, 0.717) is 4.47 Å². The molecule has 0 unspecified atom stereocenters. The second-order valence-electron chi connectivity index (χ2n) is 7.88. The molecule has 2 heterocycles. The maximum absolute atomic E-state index is 15.1. The number of carbonyl (C=O) groups excluding carboxylic acids is 2. The zero-order chi connectivity index (χ0) is 28.0. The van der Waals surface area contributed by atoms with Gasteiger partial charge in [0.15, 0.2) is 16.7 Å². The zero-order valence-electron chi connectivity index (χ0n) is 20.3. The molecule has 1 atom stereocenters. The molecule has 0 bridgehead atoms. The minimum absolute atomic E-state index is 0.0893. The number of alkyl halides is 2. The van der Waals surface area contributed by atoms with Crippen molar-refractivity contribution in [2.24, 2.45) is 0 Å². The number of amides is 2. The molecule has 1 fully saturated rings. The minimum atomic E-state index is -4.14. The number of pyridine rings is 1. The number of sulfonamides is 1. The number of nitrogens with zero attached hydrogens (tertiary/aromatic N) is 4. The van der Waals surface area contributed by atoms with Gasteiger partial charge in [-0.2, -0.15) is 8.78 Å². The van der Waals surface area contributed by atoms with E-state index in [2.05, 4.69) is 4.98 Å². The quantitative estimate of drug-likeness (QED) is 0.308. The SMILES string of the molecule is CCN(CCN(OC)S(=O)(=O)c1ccccn1)c1c(F)cc(N2C[C@H](CNC(=O)C(F)F)OC2=O)cc1F. The van der Waals surface area contributed by atoms with Gasteiger partial charge in [0.05, 0.1) is 32.4 Å². The van der Waals surface area contributed by atoms with E-state index in [9.17, 15) is 26.8 Å². The Morgan fingerprint density at radius 1 is 1.26 bits per heavy atom. The van der Waals surface area contributed by atoms with Crippen LogP contribution in [0, 0.1) is 11.6 Å². The molecule has 0 saturated carbocycles. The highest BCUT2D eigenvalue weighted by atomic mass is 32.2. The molecule has 2 aromatic rings. The number of carbonyl (C=O) groups is 2. The molecule has 3 rings (SSSR count). The van der Waals surface area contributed by atoms with E-state index >= 15 is 8.78 Å². The van der Waals surface area contributed by atoms with E-state index in [1.807, 2.05) is 5.32 Å². The van der Waals surface area contributed by atoms with Gasteiger partial charge in [-0.25, -0.2) is 27.0 Å². The van der Waals surface area contributed by atoms with Gasteiger partial charge in [-0.15, -0.1) is 0 Å². The smallest absolute Gasteiger partial charge is 0.414 e. The average Bonchev–Trinajstić information content (AvgIpc) is 3.26. The summed E-state index contributed by atoms with van der Waals surface area (Å²) < 4.78 is 86.0. The first-order valence-electron chi connectivity index (χ1n) is 11.3. The fourth-order valence-corrected chi connectivity index (χ4v) is 4.86. The Hall–Kier alpha value is -3.50. The lowest BCUT2D eigenvalue weighted by Gasteiger charge is -2.27. The predicted molar refractivity (Wildman–Crippen MR) is 126 cm³/mol. The molecular formula is C22H25F4N5O6S. The van der Waals surface area contributed by atoms with Crippen LogP contribution in [-0.2, 0) is 24.4 Å². The molecule has 1 aliphatic heterocycles. The molecule has 11 nitrogen and oxygen atoms in total. The van der Waals surface area contributed by atoms with Gasteiger partial charge in [-0.3, -0.25) is 14.5 Å². The van der Waals surface area contributed by atoms with Crippen LogP contribution in [0.3, 0.4) is 0 Å². The standard InChI is InChI=1S/C22H25F4N5O6S/c1-3-29(8-9-31(36-2)38(34,35)18-6-4-5-7-27-18)19-16(23)10-14(11-17(19)24)30-13-15(37-22(30)33)12-28-21(32)20(25)26/h4-7,10-11,15,20H,3,8-9,12-13H2,1-2H3,(H,28,32)/t15-/m0/s1. The van der Waals surface area contributed by atoms with Gasteiger partial charge >= 0.3 is 12.5 Å². The average molecular weight is 564 g/mol. The van der Waals surface area contributed by atoms with Crippen molar-refractivity contribution in [3.05, 3.63) is 48.2 Å². The van der Waals surface area contributed by atoms with Crippen LogP contribution in [0.4, 0.5) is 33.7 Å². The van der Waals surface area contributed by atoms with E-state index in [1.165, 1.54) is 29.3 Å². The Kier molecular flexibility index (Phi) is 9.45. The zero-order valence-corrected chi connectivity index (χ0v) is 21.1. The number of rotatable bonds is 12. The number of likely N-dealkylation sites (N-methyl/N-ethyl adjacent to an activating group) is 1. The normalized spacial score (nSPS) is 15.7. The Morgan fingerprint density at radius 2 is 1.95 bits per heavy atom. The van der Waals surface area contributed by atoms with Gasteiger partial charge in [-0.1, -0.05) is 10.5 Å². The Bertz CT molecular complexity index is 1230. The second-order valence-corrected chi connectivity index (χ2v) is 9.66. The third-order valence-electron chi connectivity index (χ3n) is 5.51. The number of cyclic esters (lactones) is 1. The number of ether oxygens (including phenoxy) is 1. The van der Waals surface area contributed by atoms with Gasteiger partial charge in [0.1, 0.15) is 11.8 Å². The predicted octanol–water partition coefficient (Wildman–Crippen LogP) is 2.14. The maximum Gasteiger partial charge on any atom is 0.414 e. The summed E-state index contributed by atoms with van der Waals surface area (Å²) in [5.41, 5.74) is -0.653. The summed E-state index contributed by atoms with van der Waals surface area (Å²) in [6.07, 6.45) is -3.94. The highest BCUT2D eigenvalue weighted by Gasteiger charge is 2.34. The van der Waals surface area contributed by atoms with Crippen LogP contribution in [0.5, 0.6) is 0 Å². The molecule has 0 radical (unpaired) electrons. The summed E-state index contributed by atoms with van der Waals surface area (Å²) in [4.78, 5) is 34.1. The fraction of sp³-hybridized carbons (Fsp3) is 0.409. The molecule has 1 saturated heterocycles. The van der Waals surface area contributed by atoms with Crippen LogP contribution in [0.2, 0.25) is 0 Å². The van der Waals surface area contributed by atoms with Crippen LogP contribution in [0.15, 0.2) is 41.6 Å². The summed E-state index contributed by atoms with van der Waals surface area (Å²) in [5, 5.41) is 1.64. The van der Waals surface area contributed by atoms with Crippen LogP contribution in [0.1, 0.15) is 6.92 Å². The molecule has 1 N–H and O–H groups in total. The second kappa shape index (κ2) is 12.4. The minimum Gasteiger partial charge on any atom is -0.442 e. The number of hydrogen-bond acceptors (Lipinski definition) is 8. The number of halogens is 4. The molecular weight excluding hydrogens is 538 g/mol. The van der Waals surface area contributed by atoms with Crippen molar-refractivity contribution >= 4 is 33.4 Å². The molecule has 1 aromatic heterocycles. The number of aromatic nitrogens is 1. The highest BCUT2D eigenvalue weighted by molar-refractivity contribution is 7.88. The van der Waals surface area contributed by atoms with Gasteiger partial charge in [0.25, 0.3) is 15.9 Å². The summed E-state index contributed by atoms with van der Waals surface area (Å²) in [7, 11) is -3.01. The topological polar surface area (TPSA) is 121 Å². The van der Waals surface area contributed by atoms with Gasteiger partial charge in [0.2, 0.25) is 0 Å². The lowest BCUT2D eigenvalue weighted by atomic mass is 10.2. The van der Waals surface area contributed by atoms with E-state index in [0.717, 1.165) is 24.1 Å². The van der Waals surface area contributed by atoms with Crippen molar-refractivity contribution in [2.45, 2.75) is 24.5 Å². The Morgan fingerprint density at radius 3 is 2.50 bits per heavy atom. The van der Waals surface area contributed by atoms with Crippen molar-refractivity contribution in [1.82, 2.24) is 14.8 Å². The van der Waals surface area contributed by atoms with Crippen molar-refractivity contribution < 1.29 is 45.1 Å². The number of hydroxylamine groups is 1. The number of hydrogen-bond donors (Lipinski definition) is 1. The highest BCUT2D eigenvalue weighted by Crippen LogP contribution is 2.31. The summed E-state index contributed by atoms with van der Waals surface area (Å²) in [5.74, 6) is -3.62. The lowest BCUT2D eigenvalue weighted by Crippen LogP contribution is -2.39. The molecule has 0 spiro atoms. The molecule has 208 valence electrons. The molecule has 0 aliphatic carbocycles. The fourth-order valence-electron chi connectivity index (χ4n) is 3.68. The first-order valence-corrected chi connectivity index (χ1v) is 12.7. The third kappa shape index (κ3) is 6.49. The van der Waals surface area contributed by atoms with Crippen molar-refractivity contribution in [1.29, 1.82) is 0 Å². The monoisotopic (exact) mass is 563 g/mol. The number of nitrogens with one attached hydrogen (secondary N) is 1. The third-order valence-corrected chi connectivity index (χ3v) is 7.15. The molecule has 38 heavy (non-hydrogen) atoms. The van der Waals surface area contributed by atoms with Crippen LogP contribution < -0.4 is 15.1 Å². The van der Waals surface area contributed by atoms with Crippen molar-refractivity contribution in [3.63, 3.8) is 0 Å². The first-order chi connectivity index (χ1) is 18.0. The van der Waals surface area contributed by atoms with Gasteiger partial charge in [-0.05, 0) is 19.1 Å². The number of anilines is 2. The molecule has 1 aromatic carbocycles. The van der Waals surface area contributed by atoms with E-state index < -0.39 is 58.4 Å².